The number of aliphatic imine (C=N–C) groups is 1. The lowest BCUT2D eigenvalue weighted by Gasteiger charge is -2.42. The molecule has 0 amide bonds. The van der Waals surface area contributed by atoms with E-state index in [0.717, 1.165) is 17.8 Å². The molecule has 0 saturated carbocycles. The second-order valence-corrected chi connectivity index (χ2v) is 6.60. The third-order valence-electron chi connectivity index (χ3n) is 4.44. The Kier molecular flexibility index (Phi) is 4.08. The van der Waals surface area contributed by atoms with Crippen molar-refractivity contribution in [3.8, 4) is 0 Å². The summed E-state index contributed by atoms with van der Waals surface area (Å²) < 4.78 is 0. The van der Waals surface area contributed by atoms with Gasteiger partial charge in [0.15, 0.2) is 0 Å². The second-order valence-electron chi connectivity index (χ2n) is 6.60. The highest BCUT2D eigenvalue weighted by molar-refractivity contribution is 5.88. The molecule has 2 aromatic carbocycles. The molecule has 0 fully saturated rings. The number of nitrogens with zero attached hydrogens (tertiary/aromatic N) is 2. The van der Waals surface area contributed by atoms with Crippen LogP contribution >= 0.6 is 0 Å². The van der Waals surface area contributed by atoms with Crippen LogP contribution in [0.2, 0.25) is 0 Å². The van der Waals surface area contributed by atoms with Crippen molar-refractivity contribution in [1.82, 2.24) is 0 Å². The summed E-state index contributed by atoms with van der Waals surface area (Å²) in [5.74, 6) is 0. The number of anilines is 1. The van der Waals surface area contributed by atoms with E-state index in [2.05, 4.69) is 61.9 Å². The lowest BCUT2D eigenvalue weighted by Crippen LogP contribution is -2.44. The molecule has 118 valence electrons. The number of allylic oxidation sites excluding steroid dienone is 1. The molecular weight excluding hydrogens is 280 g/mol. The molecule has 0 spiro atoms. The Morgan fingerprint density at radius 1 is 1.09 bits per heavy atom. The predicted molar refractivity (Wildman–Crippen MR) is 101 cm³/mol. The maximum Gasteiger partial charge on any atom is 0.0629 e. The Balaban J connectivity index is 1.97. The summed E-state index contributed by atoms with van der Waals surface area (Å²) in [6, 6.07) is 16.7. The average molecular weight is 304 g/mol. The monoisotopic (exact) mass is 304 g/mol. The summed E-state index contributed by atoms with van der Waals surface area (Å²) in [5.41, 5.74) is 6.14. The van der Waals surface area contributed by atoms with E-state index < -0.39 is 0 Å². The van der Waals surface area contributed by atoms with Crippen molar-refractivity contribution in [2.75, 3.05) is 11.4 Å². The maximum absolute atomic E-state index is 4.56. The van der Waals surface area contributed by atoms with E-state index >= 15 is 0 Å². The Labute approximate surface area is 139 Å². The minimum atomic E-state index is 0.0610. The molecule has 0 N–H and O–H groups in total. The number of para-hydroxylation sites is 1. The number of rotatable bonds is 3. The Bertz CT molecular complexity index is 755. The molecule has 1 aliphatic rings. The molecule has 2 heteroatoms. The zero-order valence-corrected chi connectivity index (χ0v) is 14.4. The average Bonchev–Trinajstić information content (AvgIpc) is 2.54. The van der Waals surface area contributed by atoms with Crippen molar-refractivity contribution >= 4 is 23.2 Å². The lowest BCUT2D eigenvalue weighted by atomic mass is 9.88. The van der Waals surface area contributed by atoms with Gasteiger partial charge in [-0.1, -0.05) is 30.3 Å². The van der Waals surface area contributed by atoms with Gasteiger partial charge in [0.1, 0.15) is 0 Å². The summed E-state index contributed by atoms with van der Waals surface area (Å²) in [4.78, 5) is 7.01. The van der Waals surface area contributed by atoms with Gasteiger partial charge in [-0.25, -0.2) is 0 Å². The lowest BCUT2D eigenvalue weighted by molar-refractivity contribution is 0.566. The standard InChI is InChI=1S/C21H24N2/c1-5-23-20-12-11-17(15-22-18-9-7-6-8-10-18)13-19(20)16(2)14-21(23,3)4/h6-15H,5H2,1-4H3. The van der Waals surface area contributed by atoms with Crippen molar-refractivity contribution in [3.63, 3.8) is 0 Å². The summed E-state index contributed by atoms with van der Waals surface area (Å²) >= 11 is 0. The van der Waals surface area contributed by atoms with Crippen LogP contribution in [0, 0.1) is 0 Å². The van der Waals surface area contributed by atoms with Crippen molar-refractivity contribution < 1.29 is 0 Å². The highest BCUT2D eigenvalue weighted by atomic mass is 15.2. The first kappa shape index (κ1) is 15.5. The SMILES string of the molecule is CCN1c2ccc(C=Nc3ccccc3)cc2C(C)=CC1(C)C. The minimum absolute atomic E-state index is 0.0610. The molecule has 0 atom stereocenters. The van der Waals surface area contributed by atoms with Gasteiger partial charge in [0.2, 0.25) is 0 Å². The zero-order chi connectivity index (χ0) is 16.4. The van der Waals surface area contributed by atoms with Crippen LogP contribution in [-0.2, 0) is 0 Å². The molecule has 3 rings (SSSR count). The van der Waals surface area contributed by atoms with Crippen LogP contribution in [0.4, 0.5) is 11.4 Å². The molecule has 0 aliphatic carbocycles. The molecule has 0 radical (unpaired) electrons. The third kappa shape index (κ3) is 3.07. The number of likely N-dealkylation sites (N-methyl/N-ethyl adjacent to an activating group) is 1. The van der Waals surface area contributed by atoms with Crippen LogP contribution < -0.4 is 4.90 Å². The Morgan fingerprint density at radius 3 is 2.52 bits per heavy atom. The van der Waals surface area contributed by atoms with Crippen molar-refractivity contribution in [3.05, 3.63) is 65.7 Å². The van der Waals surface area contributed by atoms with Gasteiger partial charge in [0, 0.05) is 24.0 Å². The van der Waals surface area contributed by atoms with E-state index in [4.69, 9.17) is 0 Å². The largest absolute Gasteiger partial charge is 0.363 e. The second kappa shape index (κ2) is 6.04. The van der Waals surface area contributed by atoms with Gasteiger partial charge >= 0.3 is 0 Å². The molecule has 2 aromatic rings. The van der Waals surface area contributed by atoms with E-state index in [1.165, 1.54) is 16.8 Å². The van der Waals surface area contributed by atoms with Crippen LogP contribution in [0.1, 0.15) is 38.8 Å². The highest BCUT2D eigenvalue weighted by Gasteiger charge is 2.29. The highest BCUT2D eigenvalue weighted by Crippen LogP contribution is 2.38. The molecule has 23 heavy (non-hydrogen) atoms. The first-order valence-corrected chi connectivity index (χ1v) is 8.22. The summed E-state index contributed by atoms with van der Waals surface area (Å²) in [6.07, 6.45) is 4.30. The van der Waals surface area contributed by atoms with E-state index in [-0.39, 0.29) is 5.54 Å². The van der Waals surface area contributed by atoms with Gasteiger partial charge in [-0.2, -0.15) is 0 Å². The zero-order valence-electron chi connectivity index (χ0n) is 14.4. The number of benzene rings is 2. The Hall–Kier alpha value is -2.35. The molecule has 0 saturated heterocycles. The van der Waals surface area contributed by atoms with Crippen molar-refractivity contribution in [2.45, 2.75) is 33.2 Å². The Morgan fingerprint density at radius 2 is 1.83 bits per heavy atom. The molecule has 0 bridgehead atoms. The first-order chi connectivity index (χ1) is 11.0. The molecule has 0 aromatic heterocycles. The van der Waals surface area contributed by atoms with Gasteiger partial charge in [-0.15, -0.1) is 0 Å². The fourth-order valence-corrected chi connectivity index (χ4v) is 3.42. The topological polar surface area (TPSA) is 15.6 Å². The van der Waals surface area contributed by atoms with E-state index in [1.54, 1.807) is 0 Å². The molecule has 1 aliphatic heterocycles. The number of fused-ring (bicyclic) bond motifs is 1. The number of hydrogen-bond donors (Lipinski definition) is 0. The normalized spacial score (nSPS) is 16.3. The predicted octanol–water partition coefficient (Wildman–Crippen LogP) is 5.46. The van der Waals surface area contributed by atoms with Crippen LogP contribution in [0.25, 0.3) is 5.57 Å². The minimum Gasteiger partial charge on any atom is -0.363 e. The van der Waals surface area contributed by atoms with Crippen LogP contribution in [0.5, 0.6) is 0 Å². The smallest absolute Gasteiger partial charge is 0.0629 e. The quantitative estimate of drug-likeness (QED) is 0.688. The summed E-state index contributed by atoms with van der Waals surface area (Å²) in [6.45, 7) is 9.96. The molecule has 0 unspecified atom stereocenters. The van der Waals surface area contributed by atoms with E-state index in [0.29, 0.717) is 0 Å². The van der Waals surface area contributed by atoms with Gasteiger partial charge in [0.05, 0.1) is 11.2 Å². The van der Waals surface area contributed by atoms with Crippen molar-refractivity contribution in [1.29, 1.82) is 0 Å². The van der Waals surface area contributed by atoms with E-state index in [9.17, 15) is 0 Å². The van der Waals surface area contributed by atoms with E-state index in [1.807, 2.05) is 36.5 Å². The summed E-state index contributed by atoms with van der Waals surface area (Å²) in [5, 5.41) is 0. The van der Waals surface area contributed by atoms with Crippen LogP contribution in [-0.4, -0.2) is 18.3 Å². The van der Waals surface area contributed by atoms with Gasteiger partial charge in [-0.3, -0.25) is 4.99 Å². The third-order valence-corrected chi connectivity index (χ3v) is 4.44. The van der Waals surface area contributed by atoms with Crippen LogP contribution in [0.3, 0.4) is 0 Å². The van der Waals surface area contributed by atoms with Gasteiger partial charge in [-0.05, 0) is 63.1 Å². The molecular formula is C21H24N2. The fraction of sp³-hybridized carbons (Fsp3) is 0.286. The van der Waals surface area contributed by atoms with Gasteiger partial charge < -0.3 is 4.90 Å². The fourth-order valence-electron chi connectivity index (χ4n) is 3.42. The molecule has 1 heterocycles. The van der Waals surface area contributed by atoms with Crippen LogP contribution in [0.15, 0.2) is 59.6 Å². The molecule has 2 nitrogen and oxygen atoms in total. The summed E-state index contributed by atoms with van der Waals surface area (Å²) in [7, 11) is 0. The van der Waals surface area contributed by atoms with Crippen molar-refractivity contribution in [2.24, 2.45) is 4.99 Å². The number of hydrogen-bond acceptors (Lipinski definition) is 2. The van der Waals surface area contributed by atoms with Gasteiger partial charge in [0.25, 0.3) is 0 Å². The maximum atomic E-state index is 4.56. The first-order valence-electron chi connectivity index (χ1n) is 8.22.